The lowest BCUT2D eigenvalue weighted by Crippen LogP contribution is -1.95. The molecule has 0 N–H and O–H groups in total. The van der Waals surface area contributed by atoms with Gasteiger partial charge in [-0.2, -0.15) is 0 Å². The Balaban J connectivity index is 2.04. The van der Waals surface area contributed by atoms with Gasteiger partial charge in [0.1, 0.15) is 11.6 Å². The molecule has 0 nitrogen and oxygen atoms in total. The number of benzene rings is 3. The molecule has 0 fully saturated rings. The van der Waals surface area contributed by atoms with Crippen LogP contribution >= 0.6 is 0 Å². The number of fused-ring (bicyclic) bond motifs is 1. The summed E-state index contributed by atoms with van der Waals surface area (Å²) in [6.07, 6.45) is 1.50. The monoisotopic (exact) mass is 306 g/mol. The van der Waals surface area contributed by atoms with Crippen LogP contribution in [-0.2, 0) is 6.42 Å². The van der Waals surface area contributed by atoms with E-state index in [2.05, 4.69) is 11.8 Å². The fourth-order valence-corrected chi connectivity index (χ4v) is 2.64. The zero-order chi connectivity index (χ0) is 16.2. The molecule has 0 saturated carbocycles. The van der Waals surface area contributed by atoms with Crippen LogP contribution in [0.25, 0.3) is 10.8 Å². The van der Waals surface area contributed by atoms with Gasteiger partial charge in [-0.05, 0) is 41.0 Å². The zero-order valence-electron chi connectivity index (χ0n) is 12.9. The smallest absolute Gasteiger partial charge is 0.142 e. The third-order valence-electron chi connectivity index (χ3n) is 3.75. The van der Waals surface area contributed by atoms with Crippen LogP contribution in [0, 0.1) is 23.5 Å². The number of halogens is 2. The summed E-state index contributed by atoms with van der Waals surface area (Å²) in [7, 11) is 0. The summed E-state index contributed by atoms with van der Waals surface area (Å²) in [6.45, 7) is 1.98. The SMILES string of the molecule is CCCc1cc(F)c(C#Cc2cccc3ccccc23)c(F)c1. The van der Waals surface area contributed by atoms with Gasteiger partial charge >= 0.3 is 0 Å². The molecular weight excluding hydrogens is 290 g/mol. The van der Waals surface area contributed by atoms with Gasteiger partial charge in [0.15, 0.2) is 0 Å². The van der Waals surface area contributed by atoms with E-state index in [1.54, 1.807) is 0 Å². The highest BCUT2D eigenvalue weighted by Crippen LogP contribution is 2.19. The van der Waals surface area contributed by atoms with Crippen molar-refractivity contribution in [3.63, 3.8) is 0 Å². The Bertz CT molecular complexity index is 886. The van der Waals surface area contributed by atoms with Crippen LogP contribution in [0.2, 0.25) is 0 Å². The molecule has 3 aromatic carbocycles. The summed E-state index contributed by atoms with van der Waals surface area (Å²) >= 11 is 0. The first-order valence-electron chi connectivity index (χ1n) is 7.66. The van der Waals surface area contributed by atoms with Crippen LogP contribution in [0.4, 0.5) is 8.78 Å². The number of hydrogen-bond donors (Lipinski definition) is 0. The van der Waals surface area contributed by atoms with Crippen molar-refractivity contribution >= 4 is 10.8 Å². The minimum absolute atomic E-state index is 0.169. The summed E-state index contributed by atoms with van der Waals surface area (Å²) in [5.41, 5.74) is 1.26. The van der Waals surface area contributed by atoms with Gasteiger partial charge in [0.2, 0.25) is 0 Å². The van der Waals surface area contributed by atoms with Crippen molar-refractivity contribution in [3.05, 3.63) is 82.9 Å². The lowest BCUT2D eigenvalue weighted by atomic mass is 10.0. The van der Waals surface area contributed by atoms with Gasteiger partial charge in [0.25, 0.3) is 0 Å². The molecule has 0 amide bonds. The van der Waals surface area contributed by atoms with Crippen LogP contribution in [0.1, 0.15) is 30.0 Å². The summed E-state index contributed by atoms with van der Waals surface area (Å²) in [5, 5.41) is 2.03. The predicted molar refractivity (Wildman–Crippen MR) is 90.3 cm³/mol. The van der Waals surface area contributed by atoms with E-state index in [1.165, 1.54) is 12.1 Å². The van der Waals surface area contributed by atoms with Gasteiger partial charge in [0, 0.05) is 5.56 Å². The highest BCUT2D eigenvalue weighted by Gasteiger charge is 2.09. The van der Waals surface area contributed by atoms with Gasteiger partial charge in [-0.15, -0.1) is 0 Å². The van der Waals surface area contributed by atoms with Crippen molar-refractivity contribution in [1.82, 2.24) is 0 Å². The molecule has 0 spiro atoms. The van der Waals surface area contributed by atoms with Crippen molar-refractivity contribution in [2.75, 3.05) is 0 Å². The molecule has 23 heavy (non-hydrogen) atoms. The summed E-state index contributed by atoms with van der Waals surface area (Å²) < 4.78 is 28.2. The van der Waals surface area contributed by atoms with Crippen molar-refractivity contribution in [3.8, 4) is 11.8 Å². The molecule has 0 atom stereocenters. The molecule has 0 radical (unpaired) electrons. The number of hydrogen-bond acceptors (Lipinski definition) is 0. The molecule has 3 aromatic rings. The third kappa shape index (κ3) is 3.24. The van der Waals surface area contributed by atoms with E-state index in [-0.39, 0.29) is 5.56 Å². The minimum atomic E-state index is -0.596. The first-order chi connectivity index (χ1) is 11.2. The molecule has 0 aliphatic rings. The Morgan fingerprint density at radius 1 is 0.870 bits per heavy atom. The molecule has 0 heterocycles. The van der Waals surface area contributed by atoms with E-state index in [9.17, 15) is 8.78 Å². The number of aryl methyl sites for hydroxylation is 1. The molecule has 0 saturated heterocycles. The standard InChI is InChI=1S/C21H16F2/c1-2-6-15-13-20(22)19(21(23)14-15)12-11-17-9-5-8-16-7-3-4-10-18(16)17/h3-5,7-10,13-14H,2,6H2,1H3. The molecule has 0 bridgehead atoms. The Kier molecular flexibility index (Phi) is 4.39. The maximum Gasteiger partial charge on any atom is 0.142 e. The fraction of sp³-hybridized carbons (Fsp3) is 0.143. The van der Waals surface area contributed by atoms with Crippen molar-refractivity contribution in [1.29, 1.82) is 0 Å². The molecule has 114 valence electrons. The average molecular weight is 306 g/mol. The summed E-state index contributed by atoms with van der Waals surface area (Å²) in [4.78, 5) is 0. The largest absolute Gasteiger partial charge is 0.206 e. The molecular formula is C21H16F2. The van der Waals surface area contributed by atoms with Crippen molar-refractivity contribution in [2.45, 2.75) is 19.8 Å². The second kappa shape index (κ2) is 6.62. The first kappa shape index (κ1) is 15.2. The van der Waals surface area contributed by atoms with Gasteiger partial charge in [-0.25, -0.2) is 8.78 Å². The van der Waals surface area contributed by atoms with Crippen LogP contribution in [0.5, 0.6) is 0 Å². The molecule has 3 rings (SSSR count). The van der Waals surface area contributed by atoms with E-state index in [4.69, 9.17) is 0 Å². The van der Waals surface area contributed by atoms with Crippen LogP contribution in [-0.4, -0.2) is 0 Å². The Morgan fingerprint density at radius 2 is 1.57 bits per heavy atom. The summed E-state index contributed by atoms with van der Waals surface area (Å²) in [5.74, 6) is 4.37. The van der Waals surface area contributed by atoms with Gasteiger partial charge in [0.05, 0.1) is 5.56 Å². The Morgan fingerprint density at radius 3 is 2.30 bits per heavy atom. The van der Waals surface area contributed by atoms with Gasteiger partial charge in [-0.1, -0.05) is 61.6 Å². The second-order valence-corrected chi connectivity index (χ2v) is 5.46. The topological polar surface area (TPSA) is 0 Å². The maximum absolute atomic E-state index is 14.1. The Labute approximate surface area is 134 Å². The molecule has 0 aliphatic heterocycles. The van der Waals surface area contributed by atoms with E-state index in [1.807, 2.05) is 49.4 Å². The average Bonchev–Trinajstić information content (AvgIpc) is 2.54. The lowest BCUT2D eigenvalue weighted by Gasteiger charge is -2.03. The highest BCUT2D eigenvalue weighted by atomic mass is 19.1. The minimum Gasteiger partial charge on any atom is -0.206 e. The molecule has 2 heteroatoms. The maximum atomic E-state index is 14.1. The van der Waals surface area contributed by atoms with Crippen LogP contribution in [0.15, 0.2) is 54.6 Å². The van der Waals surface area contributed by atoms with E-state index in [0.717, 1.165) is 22.8 Å². The van der Waals surface area contributed by atoms with Crippen LogP contribution in [0.3, 0.4) is 0 Å². The third-order valence-corrected chi connectivity index (χ3v) is 3.75. The Hall–Kier alpha value is -2.66. The number of rotatable bonds is 2. The van der Waals surface area contributed by atoms with E-state index < -0.39 is 11.6 Å². The molecule has 0 aromatic heterocycles. The first-order valence-corrected chi connectivity index (χ1v) is 7.66. The molecule has 0 aliphatic carbocycles. The van der Waals surface area contributed by atoms with Crippen molar-refractivity contribution in [2.24, 2.45) is 0 Å². The van der Waals surface area contributed by atoms with Gasteiger partial charge in [-0.3, -0.25) is 0 Å². The fourth-order valence-electron chi connectivity index (χ4n) is 2.64. The second-order valence-electron chi connectivity index (χ2n) is 5.46. The van der Waals surface area contributed by atoms with E-state index in [0.29, 0.717) is 12.0 Å². The lowest BCUT2D eigenvalue weighted by molar-refractivity contribution is 0.573. The normalized spacial score (nSPS) is 10.4. The van der Waals surface area contributed by atoms with E-state index >= 15 is 0 Å². The van der Waals surface area contributed by atoms with Gasteiger partial charge < -0.3 is 0 Å². The van der Waals surface area contributed by atoms with Crippen molar-refractivity contribution < 1.29 is 8.78 Å². The quantitative estimate of drug-likeness (QED) is 0.551. The molecule has 0 unspecified atom stereocenters. The predicted octanol–water partition coefficient (Wildman–Crippen LogP) is 5.47. The highest BCUT2D eigenvalue weighted by molar-refractivity contribution is 5.88. The van der Waals surface area contributed by atoms with Crippen LogP contribution < -0.4 is 0 Å². The summed E-state index contributed by atoms with van der Waals surface area (Å²) in [6, 6.07) is 16.3. The zero-order valence-corrected chi connectivity index (χ0v) is 12.9.